The third kappa shape index (κ3) is 6.53. The first-order chi connectivity index (χ1) is 19.2. The van der Waals surface area contributed by atoms with Crippen molar-refractivity contribution in [2.75, 3.05) is 25.2 Å². The Morgan fingerprint density at radius 2 is 2.00 bits per heavy atom. The molecule has 1 aromatic carbocycles. The smallest absolute Gasteiger partial charge is 0.422 e. The third-order valence-corrected chi connectivity index (χ3v) is 7.95. The fourth-order valence-electron chi connectivity index (χ4n) is 5.09. The maximum absolute atomic E-state index is 13.5. The van der Waals surface area contributed by atoms with Crippen LogP contribution >= 0.6 is 0 Å². The lowest BCUT2D eigenvalue weighted by Crippen LogP contribution is -2.54. The summed E-state index contributed by atoms with van der Waals surface area (Å²) in [5.74, 6) is -1.87. The number of sulfone groups is 1. The number of fused-ring (bicyclic) bond motifs is 2. The zero-order valence-corrected chi connectivity index (χ0v) is 22.9. The van der Waals surface area contributed by atoms with E-state index >= 15 is 0 Å². The van der Waals surface area contributed by atoms with Crippen molar-refractivity contribution in [3.05, 3.63) is 64.6 Å². The largest absolute Gasteiger partial charge is 0.484 e. The van der Waals surface area contributed by atoms with Crippen LogP contribution in [0.25, 0.3) is 5.70 Å². The van der Waals surface area contributed by atoms with Crippen molar-refractivity contribution in [2.24, 2.45) is 10.7 Å². The van der Waals surface area contributed by atoms with E-state index in [2.05, 4.69) is 20.6 Å². The van der Waals surface area contributed by atoms with E-state index in [1.165, 1.54) is 12.1 Å². The number of hydrogen-bond donors (Lipinski definition) is 3. The molecule has 1 atom stereocenters. The molecule has 2 amide bonds. The number of hydrogen-bond acceptors (Lipinski definition) is 8. The predicted molar refractivity (Wildman–Crippen MR) is 144 cm³/mol. The molecule has 14 heteroatoms. The number of carbonyl (C=O) groups excluding carboxylic acids is 2. The van der Waals surface area contributed by atoms with Gasteiger partial charge in [0.1, 0.15) is 17.2 Å². The first kappa shape index (κ1) is 28.6. The number of aromatic nitrogens is 1. The molecule has 2 heterocycles. The van der Waals surface area contributed by atoms with Crippen molar-refractivity contribution in [2.45, 2.75) is 43.3 Å². The van der Waals surface area contributed by atoms with Crippen LogP contribution in [-0.4, -0.2) is 62.3 Å². The van der Waals surface area contributed by atoms with Crippen molar-refractivity contribution in [3.63, 3.8) is 0 Å². The van der Waals surface area contributed by atoms with E-state index in [1.54, 1.807) is 18.3 Å². The van der Waals surface area contributed by atoms with Crippen LogP contribution < -0.4 is 21.1 Å². The molecule has 2 aromatic rings. The highest BCUT2D eigenvalue weighted by molar-refractivity contribution is 7.91. The zero-order chi connectivity index (χ0) is 29.6. The minimum atomic E-state index is -4.47. The second-order valence-corrected chi connectivity index (χ2v) is 12.7. The number of aliphatic imine (C=N–C) groups is 1. The van der Waals surface area contributed by atoms with Gasteiger partial charge in [0.25, 0.3) is 5.91 Å². The molecule has 5 rings (SSSR count). The average molecular weight is 592 g/mol. The lowest BCUT2D eigenvalue weighted by atomic mass is 9.89. The first-order valence-electron chi connectivity index (χ1n) is 12.9. The molecule has 218 valence electrons. The van der Waals surface area contributed by atoms with E-state index in [-0.39, 0.29) is 35.1 Å². The Kier molecular flexibility index (Phi) is 7.30. The van der Waals surface area contributed by atoms with Gasteiger partial charge in [0.2, 0.25) is 5.91 Å². The number of amides is 2. The molecule has 2 aliphatic carbocycles. The monoisotopic (exact) mass is 591 g/mol. The van der Waals surface area contributed by atoms with E-state index in [4.69, 9.17) is 10.5 Å². The number of nitrogens with two attached hydrogens (primary N) is 1. The molecular weight excluding hydrogens is 563 g/mol. The number of aryl methyl sites for hydroxylation is 1. The Labute approximate surface area is 234 Å². The minimum Gasteiger partial charge on any atom is -0.484 e. The van der Waals surface area contributed by atoms with Crippen molar-refractivity contribution in [1.82, 2.24) is 15.6 Å². The molecule has 10 nitrogen and oxygen atoms in total. The number of nitrogens with zero attached hydrogens (tertiary/aromatic N) is 2. The van der Waals surface area contributed by atoms with Crippen LogP contribution in [0.3, 0.4) is 0 Å². The Hall–Kier alpha value is -3.94. The van der Waals surface area contributed by atoms with E-state index in [0.717, 1.165) is 30.2 Å². The van der Waals surface area contributed by atoms with Crippen LogP contribution in [0.2, 0.25) is 0 Å². The van der Waals surface area contributed by atoms with Gasteiger partial charge in [0.05, 0.1) is 29.2 Å². The summed E-state index contributed by atoms with van der Waals surface area (Å²) >= 11 is 0. The summed E-state index contributed by atoms with van der Waals surface area (Å²) in [7, 11) is -3.68. The molecule has 1 aliphatic heterocycles. The molecule has 1 aromatic heterocycles. The highest BCUT2D eigenvalue weighted by Gasteiger charge is 2.44. The van der Waals surface area contributed by atoms with Crippen molar-refractivity contribution in [1.29, 1.82) is 0 Å². The topological polar surface area (TPSA) is 153 Å². The summed E-state index contributed by atoms with van der Waals surface area (Å²) in [6.07, 6.45) is 1.16. The molecule has 0 bridgehead atoms. The Bertz CT molecular complexity index is 1570. The quantitative estimate of drug-likeness (QED) is 0.425. The molecule has 4 N–H and O–H groups in total. The molecule has 0 unspecified atom stereocenters. The molecule has 1 saturated carbocycles. The number of ether oxygens (including phenoxy) is 1. The van der Waals surface area contributed by atoms with Gasteiger partial charge in [-0.3, -0.25) is 19.6 Å². The van der Waals surface area contributed by atoms with Gasteiger partial charge < -0.3 is 21.1 Å². The zero-order valence-electron chi connectivity index (χ0n) is 22.0. The molecule has 1 fully saturated rings. The maximum Gasteiger partial charge on any atom is 0.422 e. The van der Waals surface area contributed by atoms with Crippen LogP contribution in [0.5, 0.6) is 5.75 Å². The van der Waals surface area contributed by atoms with Crippen LogP contribution in [0.1, 0.15) is 47.6 Å². The first-order valence-corrected chi connectivity index (χ1v) is 14.9. The molecule has 1 spiro atoms. The highest BCUT2D eigenvalue weighted by atomic mass is 32.2. The van der Waals surface area contributed by atoms with E-state index in [1.807, 2.05) is 6.07 Å². The summed E-state index contributed by atoms with van der Waals surface area (Å²) in [4.78, 5) is 34.9. The lowest BCUT2D eigenvalue weighted by Gasteiger charge is -2.34. The summed E-state index contributed by atoms with van der Waals surface area (Å²) < 4.78 is 66.0. The van der Waals surface area contributed by atoms with E-state index in [9.17, 15) is 31.2 Å². The predicted octanol–water partition coefficient (Wildman–Crippen LogP) is 2.10. The number of nitrogens with one attached hydrogen (secondary N) is 2. The van der Waals surface area contributed by atoms with Gasteiger partial charge in [-0.1, -0.05) is 12.1 Å². The Morgan fingerprint density at radius 1 is 1.24 bits per heavy atom. The van der Waals surface area contributed by atoms with Gasteiger partial charge in [-0.25, -0.2) is 8.42 Å². The van der Waals surface area contributed by atoms with Crippen LogP contribution in [0.4, 0.5) is 13.2 Å². The van der Waals surface area contributed by atoms with Gasteiger partial charge in [0, 0.05) is 12.5 Å². The van der Waals surface area contributed by atoms with E-state index < -0.39 is 45.7 Å². The molecular formula is C27H28F3N5O5S. The second-order valence-electron chi connectivity index (χ2n) is 10.6. The van der Waals surface area contributed by atoms with E-state index in [0.29, 0.717) is 24.3 Å². The fourth-order valence-corrected chi connectivity index (χ4v) is 5.64. The number of rotatable bonds is 8. The van der Waals surface area contributed by atoms with Gasteiger partial charge in [-0.2, -0.15) is 13.2 Å². The number of halogens is 3. The van der Waals surface area contributed by atoms with Crippen LogP contribution in [0, 0.1) is 0 Å². The molecule has 0 saturated heterocycles. The number of benzene rings is 1. The second kappa shape index (κ2) is 10.5. The Morgan fingerprint density at radius 3 is 2.61 bits per heavy atom. The summed E-state index contributed by atoms with van der Waals surface area (Å²) in [5.41, 5.74) is 7.80. The number of alkyl halides is 3. The summed E-state index contributed by atoms with van der Waals surface area (Å²) in [6.45, 7) is -1.36. The fraction of sp³-hybridized carbons (Fsp3) is 0.407. The lowest BCUT2D eigenvalue weighted by molar-refractivity contribution is -0.153. The minimum absolute atomic E-state index is 0.0522. The third-order valence-electron chi connectivity index (χ3n) is 7.17. The molecule has 0 radical (unpaired) electrons. The molecule has 41 heavy (non-hydrogen) atoms. The Balaban J connectivity index is 1.44. The van der Waals surface area contributed by atoms with Crippen molar-refractivity contribution < 1.29 is 35.9 Å². The van der Waals surface area contributed by atoms with Crippen molar-refractivity contribution >= 4 is 33.1 Å². The number of pyridine rings is 1. The highest BCUT2D eigenvalue weighted by Crippen LogP contribution is 2.41. The standard InChI is InChI=1S/C27H28F3N5O5S/c1-41(38,39)12-21(36)34-23(22(31)20-7-4-17(11-32-20)15-2-3-15)24-25(37)35-26(13-33-24)9-8-16-10-18(5-6-19(16)26)40-14-27(28,29)30/h4-7,10-11,15H,2-3,8-9,12-14,31H2,1H3,(H,34,36)(H,35,37)/t26-/m1/s1. The van der Waals surface area contributed by atoms with Crippen LogP contribution in [0.15, 0.2) is 47.2 Å². The molecule has 3 aliphatic rings. The average Bonchev–Trinajstić information content (AvgIpc) is 3.69. The van der Waals surface area contributed by atoms with Gasteiger partial charge >= 0.3 is 6.18 Å². The SMILES string of the molecule is CS(=O)(=O)CC(=O)NC(C1=NC[C@@]2(CCc3cc(OCC(F)(F)F)ccc32)NC1=O)=C(N)c1ccc(C2CC2)cn1. The van der Waals surface area contributed by atoms with Crippen LogP contribution in [-0.2, 0) is 31.4 Å². The summed E-state index contributed by atoms with van der Waals surface area (Å²) in [6, 6.07) is 8.07. The van der Waals surface area contributed by atoms with Crippen molar-refractivity contribution in [3.8, 4) is 5.75 Å². The van der Waals surface area contributed by atoms with Gasteiger partial charge in [0.15, 0.2) is 16.4 Å². The summed E-state index contributed by atoms with van der Waals surface area (Å²) in [5, 5.41) is 5.39. The normalized spacial score (nSPS) is 21.1. The van der Waals surface area contributed by atoms with Gasteiger partial charge in [-0.05, 0) is 66.5 Å². The maximum atomic E-state index is 13.5. The number of carbonyl (C=O) groups is 2. The van der Waals surface area contributed by atoms with Gasteiger partial charge in [-0.15, -0.1) is 0 Å².